The average molecular weight is 343 g/mol. The number of carbonyl (C=O) groups is 1. The Morgan fingerprint density at radius 3 is 2.79 bits per heavy atom. The summed E-state index contributed by atoms with van der Waals surface area (Å²) in [6.07, 6.45) is -5.27. The van der Waals surface area contributed by atoms with Crippen LogP contribution in [0.2, 0.25) is 0 Å². The average Bonchev–Trinajstić information content (AvgIpc) is 2.85. The highest BCUT2D eigenvalue weighted by molar-refractivity contribution is 5.97. The second kappa shape index (κ2) is 5.44. The number of amides is 1. The first-order valence-electron chi connectivity index (χ1n) is 7.33. The van der Waals surface area contributed by atoms with Crippen LogP contribution in [0, 0.1) is 6.92 Å². The summed E-state index contributed by atoms with van der Waals surface area (Å²) in [5.41, 5.74) is -0.0757. The van der Waals surface area contributed by atoms with Crippen LogP contribution in [0.25, 0.3) is 11.1 Å². The second-order valence-electron chi connectivity index (χ2n) is 6.44. The van der Waals surface area contributed by atoms with Crippen LogP contribution in [0.3, 0.4) is 0 Å². The predicted octanol–water partition coefficient (Wildman–Crippen LogP) is 2.71. The van der Waals surface area contributed by atoms with Gasteiger partial charge in [-0.3, -0.25) is 4.79 Å². The number of morpholine rings is 1. The van der Waals surface area contributed by atoms with Gasteiger partial charge >= 0.3 is 6.18 Å². The molecule has 0 aliphatic carbocycles. The fourth-order valence-corrected chi connectivity index (χ4v) is 2.75. The van der Waals surface area contributed by atoms with E-state index >= 15 is 0 Å². The highest BCUT2D eigenvalue weighted by Crippen LogP contribution is 2.32. The zero-order valence-electron chi connectivity index (χ0n) is 13.3. The van der Waals surface area contributed by atoms with Crippen LogP contribution in [0.1, 0.15) is 29.9 Å². The summed E-state index contributed by atoms with van der Waals surface area (Å²) in [6.45, 7) is 4.25. The van der Waals surface area contributed by atoms with Gasteiger partial charge in [0.15, 0.2) is 6.10 Å². The lowest BCUT2D eigenvalue weighted by atomic mass is 10.0. The molecular weight excluding hydrogens is 327 g/mol. The van der Waals surface area contributed by atoms with Gasteiger partial charge in [-0.2, -0.15) is 13.2 Å². The summed E-state index contributed by atoms with van der Waals surface area (Å²) in [5.74, 6) is -0.532. The molecule has 1 amide bonds. The molecule has 1 fully saturated rings. The molecule has 0 saturated carbocycles. The number of hydrogen-bond donors (Lipinski definition) is 0. The third-order valence-electron chi connectivity index (χ3n) is 3.83. The van der Waals surface area contributed by atoms with Gasteiger partial charge in [0.05, 0.1) is 28.8 Å². The van der Waals surface area contributed by atoms with Gasteiger partial charge in [0.2, 0.25) is 0 Å². The monoisotopic (exact) mass is 343 g/mol. The molecule has 1 atom stereocenters. The molecule has 2 aromatic heterocycles. The Morgan fingerprint density at radius 1 is 1.42 bits per heavy atom. The Hall–Kier alpha value is -2.16. The number of halogens is 3. The van der Waals surface area contributed by atoms with Crippen molar-refractivity contribution < 1.29 is 27.2 Å². The van der Waals surface area contributed by atoms with E-state index in [2.05, 4.69) is 10.1 Å². The topological polar surface area (TPSA) is 68.5 Å². The van der Waals surface area contributed by atoms with E-state index in [1.54, 1.807) is 6.92 Å². The first-order valence-corrected chi connectivity index (χ1v) is 7.33. The number of alkyl halides is 3. The zero-order valence-corrected chi connectivity index (χ0v) is 13.3. The molecule has 0 spiro atoms. The van der Waals surface area contributed by atoms with Crippen LogP contribution in [-0.2, 0) is 4.74 Å². The van der Waals surface area contributed by atoms with Gasteiger partial charge < -0.3 is 14.2 Å². The lowest BCUT2D eigenvalue weighted by Crippen LogP contribution is -2.58. The van der Waals surface area contributed by atoms with Crippen LogP contribution in [0.4, 0.5) is 13.2 Å². The van der Waals surface area contributed by atoms with Crippen molar-refractivity contribution in [3.05, 3.63) is 23.5 Å². The summed E-state index contributed by atoms with van der Waals surface area (Å²) in [7, 11) is 0. The van der Waals surface area contributed by atoms with Crippen molar-refractivity contribution in [3.63, 3.8) is 0 Å². The Morgan fingerprint density at radius 2 is 2.12 bits per heavy atom. The predicted molar refractivity (Wildman–Crippen MR) is 77.5 cm³/mol. The minimum Gasteiger partial charge on any atom is -0.359 e. The maximum atomic E-state index is 13.0. The van der Waals surface area contributed by atoms with E-state index in [9.17, 15) is 18.0 Å². The van der Waals surface area contributed by atoms with Gasteiger partial charge in [-0.15, -0.1) is 0 Å². The maximum absolute atomic E-state index is 13.0. The first-order chi connectivity index (χ1) is 11.1. The molecule has 130 valence electrons. The SMILES string of the molecule is Cc1noc2ncc(C(=O)N3CC(C(F)(F)F)OC(C)(C)C3)cc12. The number of rotatable bonds is 1. The lowest BCUT2D eigenvalue weighted by Gasteiger charge is -2.43. The van der Waals surface area contributed by atoms with E-state index < -0.39 is 30.3 Å². The molecule has 0 bridgehead atoms. The van der Waals surface area contributed by atoms with Gasteiger partial charge in [-0.25, -0.2) is 4.98 Å². The highest BCUT2D eigenvalue weighted by Gasteiger charge is 2.49. The number of carbonyl (C=O) groups excluding carboxylic acids is 1. The summed E-state index contributed by atoms with van der Waals surface area (Å²) < 4.78 is 49.2. The van der Waals surface area contributed by atoms with Crippen molar-refractivity contribution in [2.24, 2.45) is 0 Å². The molecule has 24 heavy (non-hydrogen) atoms. The smallest absolute Gasteiger partial charge is 0.359 e. The molecule has 0 radical (unpaired) electrons. The van der Waals surface area contributed by atoms with Crippen molar-refractivity contribution >= 4 is 17.0 Å². The molecule has 9 heteroatoms. The summed E-state index contributed by atoms with van der Waals surface area (Å²) in [6, 6.07) is 1.53. The first kappa shape index (κ1) is 16.7. The Bertz CT molecular complexity index is 785. The van der Waals surface area contributed by atoms with E-state index in [0.29, 0.717) is 11.1 Å². The quantitative estimate of drug-likeness (QED) is 0.796. The van der Waals surface area contributed by atoms with E-state index in [0.717, 1.165) is 4.90 Å². The van der Waals surface area contributed by atoms with Gasteiger partial charge in [0.25, 0.3) is 11.6 Å². The van der Waals surface area contributed by atoms with Crippen LogP contribution in [-0.4, -0.2) is 51.9 Å². The number of nitrogens with zero attached hydrogens (tertiary/aromatic N) is 3. The number of pyridine rings is 1. The molecule has 0 aromatic carbocycles. The molecule has 6 nitrogen and oxygen atoms in total. The Kier molecular flexibility index (Phi) is 3.78. The van der Waals surface area contributed by atoms with Gasteiger partial charge in [-0.1, -0.05) is 5.16 Å². The third kappa shape index (κ3) is 3.08. The minimum absolute atomic E-state index is 0.0546. The minimum atomic E-state index is -4.54. The number of ether oxygens (including phenoxy) is 1. The Balaban J connectivity index is 1.90. The van der Waals surface area contributed by atoms with Crippen molar-refractivity contribution in [1.82, 2.24) is 15.0 Å². The molecule has 3 heterocycles. The zero-order chi connectivity index (χ0) is 17.7. The number of fused-ring (bicyclic) bond motifs is 1. The highest BCUT2D eigenvalue weighted by atomic mass is 19.4. The maximum Gasteiger partial charge on any atom is 0.416 e. The molecule has 1 saturated heterocycles. The molecular formula is C15H16F3N3O3. The Labute approximate surface area is 135 Å². The molecule has 2 aromatic rings. The van der Waals surface area contributed by atoms with Gasteiger partial charge in [-0.05, 0) is 26.8 Å². The van der Waals surface area contributed by atoms with Crippen LogP contribution >= 0.6 is 0 Å². The third-order valence-corrected chi connectivity index (χ3v) is 3.83. The van der Waals surface area contributed by atoms with Crippen molar-refractivity contribution in [2.45, 2.75) is 38.7 Å². The standard InChI is InChI=1S/C15H16F3N3O3/c1-8-10-4-9(5-19-12(10)24-20-8)13(22)21-6-11(15(16,17)18)23-14(2,3)7-21/h4-5,11H,6-7H2,1-3H3. The normalized spacial score (nSPS) is 21.2. The number of aromatic nitrogens is 2. The van der Waals surface area contributed by atoms with E-state index in [1.165, 1.54) is 26.1 Å². The van der Waals surface area contributed by atoms with Crippen molar-refractivity contribution in [3.8, 4) is 0 Å². The second-order valence-corrected chi connectivity index (χ2v) is 6.44. The van der Waals surface area contributed by atoms with E-state index in [-0.39, 0.29) is 17.8 Å². The van der Waals surface area contributed by atoms with Crippen molar-refractivity contribution in [1.29, 1.82) is 0 Å². The molecule has 1 aliphatic rings. The number of hydrogen-bond acceptors (Lipinski definition) is 5. The van der Waals surface area contributed by atoms with E-state index in [1.807, 2.05) is 0 Å². The van der Waals surface area contributed by atoms with Crippen LogP contribution in [0.5, 0.6) is 0 Å². The summed E-state index contributed by atoms with van der Waals surface area (Å²) in [5, 5.41) is 4.30. The summed E-state index contributed by atoms with van der Waals surface area (Å²) in [4.78, 5) is 17.8. The fourth-order valence-electron chi connectivity index (χ4n) is 2.75. The van der Waals surface area contributed by atoms with E-state index in [4.69, 9.17) is 9.26 Å². The van der Waals surface area contributed by atoms with Gasteiger partial charge in [0.1, 0.15) is 0 Å². The number of aryl methyl sites for hydroxylation is 1. The van der Waals surface area contributed by atoms with Crippen molar-refractivity contribution in [2.75, 3.05) is 13.1 Å². The van der Waals surface area contributed by atoms with Crippen LogP contribution < -0.4 is 0 Å². The van der Waals surface area contributed by atoms with Gasteiger partial charge in [0, 0.05) is 12.7 Å². The molecule has 0 N–H and O–H groups in total. The summed E-state index contributed by atoms with van der Waals surface area (Å²) >= 11 is 0. The molecule has 3 rings (SSSR count). The fraction of sp³-hybridized carbons (Fsp3) is 0.533. The largest absolute Gasteiger partial charge is 0.416 e. The molecule has 1 aliphatic heterocycles. The van der Waals surface area contributed by atoms with Crippen LogP contribution in [0.15, 0.2) is 16.8 Å². The lowest BCUT2D eigenvalue weighted by molar-refractivity contribution is -0.267. The molecule has 1 unspecified atom stereocenters.